The zero-order chi connectivity index (χ0) is 13.1. The van der Waals surface area contributed by atoms with Gasteiger partial charge in [0.15, 0.2) is 5.82 Å². The van der Waals surface area contributed by atoms with Crippen LogP contribution in [0.4, 0.5) is 4.39 Å². The van der Waals surface area contributed by atoms with Crippen molar-refractivity contribution >= 4 is 0 Å². The first-order chi connectivity index (χ1) is 9.33. The molecule has 4 heteroatoms. The highest BCUT2D eigenvalue weighted by atomic mass is 19.1. The number of ether oxygens (including phenoxy) is 1. The van der Waals surface area contributed by atoms with Gasteiger partial charge >= 0.3 is 0 Å². The van der Waals surface area contributed by atoms with E-state index in [0.29, 0.717) is 30.7 Å². The minimum atomic E-state index is -0.298. The van der Waals surface area contributed by atoms with Gasteiger partial charge in [-0.25, -0.2) is 9.37 Å². The molecule has 0 aliphatic heterocycles. The van der Waals surface area contributed by atoms with Gasteiger partial charge in [0.1, 0.15) is 0 Å². The largest absolute Gasteiger partial charge is 0.475 e. The van der Waals surface area contributed by atoms with Gasteiger partial charge in [-0.05, 0) is 37.7 Å². The summed E-state index contributed by atoms with van der Waals surface area (Å²) in [6.07, 6.45) is 8.99. The number of rotatable bonds is 6. The van der Waals surface area contributed by atoms with Crippen LogP contribution in [0, 0.1) is 11.7 Å². The number of aromatic nitrogens is 1. The van der Waals surface area contributed by atoms with Crippen LogP contribution in [0.2, 0.25) is 0 Å². The predicted octanol–water partition coefficient (Wildman–Crippen LogP) is 3.04. The van der Waals surface area contributed by atoms with E-state index in [2.05, 4.69) is 10.3 Å². The smallest absolute Gasteiger partial charge is 0.250 e. The zero-order valence-electron chi connectivity index (χ0n) is 11.2. The normalized spacial score (nSPS) is 19.8. The molecule has 0 unspecified atom stereocenters. The van der Waals surface area contributed by atoms with Crippen LogP contribution in [0.15, 0.2) is 12.3 Å². The number of pyridine rings is 1. The summed E-state index contributed by atoms with van der Waals surface area (Å²) in [4.78, 5) is 4.02. The third-order valence-electron chi connectivity index (χ3n) is 4.03. The fraction of sp³-hybridized carbons (Fsp3) is 0.667. The number of hydrogen-bond acceptors (Lipinski definition) is 3. The Labute approximate surface area is 113 Å². The van der Waals surface area contributed by atoms with Crippen molar-refractivity contribution in [1.82, 2.24) is 10.3 Å². The number of nitrogens with one attached hydrogen (secondary N) is 1. The van der Waals surface area contributed by atoms with Gasteiger partial charge in [0.2, 0.25) is 0 Å². The SMILES string of the molecule is Fc1c(CNC2CC2)ccnc1OCC1CCCC1. The Kier molecular flexibility index (Phi) is 3.97. The fourth-order valence-corrected chi connectivity index (χ4v) is 2.61. The van der Waals surface area contributed by atoms with Gasteiger partial charge in [0.25, 0.3) is 5.88 Å². The second-order valence-corrected chi connectivity index (χ2v) is 5.71. The first-order valence-electron chi connectivity index (χ1n) is 7.32. The molecule has 0 radical (unpaired) electrons. The van der Waals surface area contributed by atoms with Crippen LogP contribution >= 0.6 is 0 Å². The molecule has 0 saturated heterocycles. The van der Waals surface area contributed by atoms with Crippen LogP contribution in [0.5, 0.6) is 5.88 Å². The Morgan fingerprint density at radius 2 is 2.05 bits per heavy atom. The van der Waals surface area contributed by atoms with Gasteiger partial charge in [-0.2, -0.15) is 0 Å². The molecule has 2 saturated carbocycles. The second-order valence-electron chi connectivity index (χ2n) is 5.71. The summed E-state index contributed by atoms with van der Waals surface area (Å²) in [6.45, 7) is 1.17. The molecule has 19 heavy (non-hydrogen) atoms. The van der Waals surface area contributed by atoms with Crippen molar-refractivity contribution in [2.45, 2.75) is 51.1 Å². The molecule has 0 amide bonds. The van der Waals surface area contributed by atoms with E-state index in [4.69, 9.17) is 4.74 Å². The molecule has 0 atom stereocenters. The average Bonchev–Trinajstić information content (AvgIpc) is 3.10. The molecule has 3 nitrogen and oxygen atoms in total. The maximum Gasteiger partial charge on any atom is 0.250 e. The van der Waals surface area contributed by atoms with Gasteiger partial charge in [0, 0.05) is 24.3 Å². The van der Waals surface area contributed by atoms with Crippen molar-refractivity contribution in [1.29, 1.82) is 0 Å². The van der Waals surface area contributed by atoms with Gasteiger partial charge in [0.05, 0.1) is 6.61 Å². The fourth-order valence-electron chi connectivity index (χ4n) is 2.61. The van der Waals surface area contributed by atoms with Crippen LogP contribution in [0.3, 0.4) is 0 Å². The molecule has 1 N–H and O–H groups in total. The lowest BCUT2D eigenvalue weighted by Gasteiger charge is -2.12. The van der Waals surface area contributed by atoms with E-state index in [1.54, 1.807) is 12.3 Å². The number of hydrogen-bond donors (Lipinski definition) is 1. The van der Waals surface area contributed by atoms with Crippen molar-refractivity contribution in [3.05, 3.63) is 23.6 Å². The maximum absolute atomic E-state index is 14.2. The molecule has 2 fully saturated rings. The molecular weight excluding hydrogens is 243 g/mol. The monoisotopic (exact) mass is 264 g/mol. The predicted molar refractivity (Wildman–Crippen MR) is 71.5 cm³/mol. The highest BCUT2D eigenvalue weighted by Gasteiger charge is 2.22. The lowest BCUT2D eigenvalue weighted by molar-refractivity contribution is 0.232. The molecule has 1 aromatic rings. The Bertz CT molecular complexity index is 428. The summed E-state index contributed by atoms with van der Waals surface area (Å²) in [7, 11) is 0. The van der Waals surface area contributed by atoms with Crippen molar-refractivity contribution in [3.8, 4) is 5.88 Å². The Morgan fingerprint density at radius 3 is 2.79 bits per heavy atom. The Balaban J connectivity index is 1.57. The van der Waals surface area contributed by atoms with E-state index < -0.39 is 0 Å². The molecule has 1 aromatic heterocycles. The summed E-state index contributed by atoms with van der Waals surface area (Å²) in [5.74, 6) is 0.449. The molecule has 2 aliphatic rings. The second kappa shape index (κ2) is 5.87. The van der Waals surface area contributed by atoms with Crippen molar-refractivity contribution < 1.29 is 9.13 Å². The van der Waals surface area contributed by atoms with Gasteiger partial charge in [-0.1, -0.05) is 12.8 Å². The highest BCUT2D eigenvalue weighted by molar-refractivity contribution is 5.23. The van der Waals surface area contributed by atoms with E-state index in [1.807, 2.05) is 0 Å². The third kappa shape index (κ3) is 3.44. The third-order valence-corrected chi connectivity index (χ3v) is 4.03. The van der Waals surface area contributed by atoms with Crippen LogP contribution in [-0.4, -0.2) is 17.6 Å². The lowest BCUT2D eigenvalue weighted by Crippen LogP contribution is -2.17. The highest BCUT2D eigenvalue weighted by Crippen LogP contribution is 2.26. The van der Waals surface area contributed by atoms with Crippen LogP contribution in [0.1, 0.15) is 44.1 Å². The molecule has 0 spiro atoms. The van der Waals surface area contributed by atoms with E-state index in [1.165, 1.54) is 38.5 Å². The molecule has 104 valence electrons. The minimum absolute atomic E-state index is 0.169. The molecule has 2 aliphatic carbocycles. The molecule has 1 heterocycles. The molecular formula is C15H21FN2O. The van der Waals surface area contributed by atoms with Crippen LogP contribution in [0.25, 0.3) is 0 Å². The van der Waals surface area contributed by atoms with E-state index in [0.717, 1.165) is 0 Å². The molecule has 0 bridgehead atoms. The summed E-state index contributed by atoms with van der Waals surface area (Å²) < 4.78 is 19.8. The van der Waals surface area contributed by atoms with Crippen LogP contribution in [-0.2, 0) is 6.54 Å². The number of nitrogens with zero attached hydrogens (tertiary/aromatic N) is 1. The first-order valence-corrected chi connectivity index (χ1v) is 7.32. The van der Waals surface area contributed by atoms with Gasteiger partial charge < -0.3 is 10.1 Å². The minimum Gasteiger partial charge on any atom is -0.475 e. The molecule has 0 aromatic carbocycles. The van der Waals surface area contributed by atoms with E-state index >= 15 is 0 Å². The van der Waals surface area contributed by atoms with Crippen LogP contribution < -0.4 is 10.1 Å². The van der Waals surface area contributed by atoms with E-state index in [9.17, 15) is 4.39 Å². The quantitative estimate of drug-likeness (QED) is 0.857. The molecule has 3 rings (SSSR count). The van der Waals surface area contributed by atoms with Gasteiger partial charge in [-0.15, -0.1) is 0 Å². The summed E-state index contributed by atoms with van der Waals surface area (Å²) >= 11 is 0. The lowest BCUT2D eigenvalue weighted by atomic mass is 10.1. The Morgan fingerprint density at radius 1 is 1.26 bits per heavy atom. The van der Waals surface area contributed by atoms with Crippen molar-refractivity contribution in [2.24, 2.45) is 5.92 Å². The van der Waals surface area contributed by atoms with Gasteiger partial charge in [-0.3, -0.25) is 0 Å². The number of halogens is 1. The zero-order valence-corrected chi connectivity index (χ0v) is 11.2. The Hall–Kier alpha value is -1.16. The summed E-state index contributed by atoms with van der Waals surface area (Å²) in [5.41, 5.74) is 0.656. The topological polar surface area (TPSA) is 34.2 Å². The standard InChI is InChI=1S/C15H21FN2O/c16-14-12(9-18-13-5-6-13)7-8-17-15(14)19-10-11-3-1-2-4-11/h7-8,11,13,18H,1-6,9-10H2. The first kappa shape index (κ1) is 12.9. The van der Waals surface area contributed by atoms with E-state index in [-0.39, 0.29) is 11.7 Å². The maximum atomic E-state index is 14.2. The average molecular weight is 264 g/mol. The summed E-state index contributed by atoms with van der Waals surface area (Å²) in [5, 5.41) is 3.31. The van der Waals surface area contributed by atoms with Crippen molar-refractivity contribution in [2.75, 3.05) is 6.61 Å². The van der Waals surface area contributed by atoms with Crippen molar-refractivity contribution in [3.63, 3.8) is 0 Å². The summed E-state index contributed by atoms with van der Waals surface area (Å²) in [6, 6.07) is 2.31.